The van der Waals surface area contributed by atoms with Crippen LogP contribution in [0.1, 0.15) is 69.5 Å². The summed E-state index contributed by atoms with van der Waals surface area (Å²) in [4.78, 5) is 27.9. The molecule has 0 unspecified atom stereocenters. The van der Waals surface area contributed by atoms with Gasteiger partial charge in [0.1, 0.15) is 0 Å². The molecule has 1 aromatic rings. The normalized spacial score (nSPS) is 24.0. The van der Waals surface area contributed by atoms with Crippen LogP contribution in [-0.4, -0.2) is 56.2 Å². The van der Waals surface area contributed by atoms with Gasteiger partial charge in [0, 0.05) is 37.1 Å². The van der Waals surface area contributed by atoms with Gasteiger partial charge >= 0.3 is 0 Å². The van der Waals surface area contributed by atoms with Crippen LogP contribution in [0.25, 0.3) is 0 Å². The lowest BCUT2D eigenvalue weighted by atomic mass is 9.71. The molecule has 2 atom stereocenters. The largest absolute Gasteiger partial charge is 0.382 e. The molecule has 1 spiro atoms. The molecule has 3 aliphatic rings. The van der Waals surface area contributed by atoms with E-state index in [4.69, 9.17) is 9.47 Å². The fraction of sp³-hybridized carbons (Fsp3) is 0.630. The molecule has 1 heterocycles. The van der Waals surface area contributed by atoms with Crippen molar-refractivity contribution in [2.24, 2.45) is 5.92 Å². The number of nitrogens with one attached hydrogen (secondary N) is 1. The van der Waals surface area contributed by atoms with Crippen molar-refractivity contribution in [1.29, 1.82) is 0 Å². The van der Waals surface area contributed by atoms with Crippen molar-refractivity contribution in [2.45, 2.75) is 69.9 Å². The van der Waals surface area contributed by atoms with Crippen LogP contribution in [-0.2, 0) is 24.5 Å². The summed E-state index contributed by atoms with van der Waals surface area (Å²) in [6.07, 6.45) is 7.81. The minimum atomic E-state index is -0.225. The number of carbonyl (C=O) groups is 2. The highest BCUT2D eigenvalue weighted by Gasteiger charge is 2.54. The molecular weight excluding hydrogens is 416 g/mol. The Balaban J connectivity index is 1.60. The van der Waals surface area contributed by atoms with Crippen LogP contribution in [0.2, 0.25) is 0 Å². The number of hydrogen-bond acceptors (Lipinski definition) is 4. The summed E-state index contributed by atoms with van der Waals surface area (Å²) in [5, 5.41) is 3.27. The number of piperidine rings is 1. The van der Waals surface area contributed by atoms with E-state index in [1.807, 2.05) is 24.8 Å². The molecule has 1 aromatic carbocycles. The Morgan fingerprint density at radius 1 is 1.15 bits per heavy atom. The van der Waals surface area contributed by atoms with E-state index in [0.717, 1.165) is 43.2 Å². The van der Waals surface area contributed by atoms with E-state index in [1.54, 1.807) is 7.11 Å². The summed E-state index contributed by atoms with van der Waals surface area (Å²) in [6, 6.07) is 8.21. The Labute approximate surface area is 197 Å². The van der Waals surface area contributed by atoms with Gasteiger partial charge in [-0.3, -0.25) is 9.59 Å². The summed E-state index contributed by atoms with van der Waals surface area (Å²) in [5.41, 5.74) is 3.16. The monoisotopic (exact) mass is 454 g/mol. The maximum Gasteiger partial charge on any atom is 0.249 e. The third-order valence-corrected chi connectivity index (χ3v) is 7.60. The number of likely N-dealkylation sites (tertiary alicyclic amines) is 1. The lowest BCUT2D eigenvalue weighted by molar-refractivity contribution is -0.131. The van der Waals surface area contributed by atoms with Crippen molar-refractivity contribution in [1.82, 2.24) is 10.2 Å². The molecule has 0 bridgehead atoms. The lowest BCUT2D eigenvalue weighted by Gasteiger charge is -2.44. The van der Waals surface area contributed by atoms with E-state index in [1.165, 1.54) is 12.0 Å². The molecule has 0 aromatic heterocycles. The first-order valence-electron chi connectivity index (χ1n) is 12.5. The molecule has 1 saturated heterocycles. The highest BCUT2D eigenvalue weighted by Crippen LogP contribution is 2.52. The quantitative estimate of drug-likeness (QED) is 0.635. The van der Waals surface area contributed by atoms with E-state index >= 15 is 0 Å². The molecule has 6 heteroatoms. The zero-order valence-corrected chi connectivity index (χ0v) is 20.3. The summed E-state index contributed by atoms with van der Waals surface area (Å²) >= 11 is 0. The Morgan fingerprint density at radius 2 is 1.91 bits per heavy atom. The average molecular weight is 455 g/mol. The minimum Gasteiger partial charge on any atom is -0.382 e. The van der Waals surface area contributed by atoms with E-state index in [2.05, 4.69) is 29.6 Å². The summed E-state index contributed by atoms with van der Waals surface area (Å²) in [6.45, 7) is 6.22. The maximum absolute atomic E-state index is 13.1. The van der Waals surface area contributed by atoms with E-state index < -0.39 is 0 Å². The first-order valence-corrected chi connectivity index (χ1v) is 12.5. The zero-order chi connectivity index (χ0) is 23.4. The van der Waals surface area contributed by atoms with Crippen molar-refractivity contribution < 1.29 is 19.1 Å². The minimum absolute atomic E-state index is 0.0315. The maximum atomic E-state index is 13.1. The molecule has 2 amide bonds. The molecule has 2 aliphatic carbocycles. The van der Waals surface area contributed by atoms with Gasteiger partial charge in [-0.15, -0.1) is 0 Å². The number of nitrogens with zero attached hydrogens (tertiary/aromatic N) is 1. The predicted octanol–water partition coefficient (Wildman–Crippen LogP) is 3.91. The standard InChI is InChI=1S/C27H38N2O4/c1-19(2)25(30)28-23-21-11-7-8-12-22(21)27(24(23)33-18-17-32-3)13-15-29(16-14-27)26(31)20-9-5-4-6-10-20/h7-9,11-12,19,23-24H,4-6,10,13-18H2,1-3H3,(H,28,30)/t23-,24+/m1/s1. The van der Waals surface area contributed by atoms with Gasteiger partial charge in [-0.05, 0) is 49.7 Å². The fourth-order valence-corrected chi connectivity index (χ4v) is 5.74. The molecule has 6 nitrogen and oxygen atoms in total. The highest BCUT2D eigenvalue weighted by atomic mass is 16.5. The van der Waals surface area contributed by atoms with Crippen LogP contribution in [0.5, 0.6) is 0 Å². The van der Waals surface area contributed by atoms with Crippen molar-refractivity contribution in [2.75, 3.05) is 33.4 Å². The molecular formula is C27H38N2O4. The van der Waals surface area contributed by atoms with Crippen LogP contribution in [0.3, 0.4) is 0 Å². The smallest absolute Gasteiger partial charge is 0.249 e. The number of ether oxygens (including phenoxy) is 2. The molecule has 0 saturated carbocycles. The molecule has 1 aliphatic heterocycles. The van der Waals surface area contributed by atoms with E-state index in [-0.39, 0.29) is 35.3 Å². The van der Waals surface area contributed by atoms with Crippen LogP contribution in [0.15, 0.2) is 35.9 Å². The van der Waals surface area contributed by atoms with Crippen LogP contribution in [0, 0.1) is 5.92 Å². The number of methoxy groups -OCH3 is 1. The van der Waals surface area contributed by atoms with Crippen molar-refractivity contribution in [3.05, 3.63) is 47.0 Å². The fourth-order valence-electron chi connectivity index (χ4n) is 5.74. The van der Waals surface area contributed by atoms with Crippen molar-refractivity contribution in [3.63, 3.8) is 0 Å². The third-order valence-electron chi connectivity index (χ3n) is 7.60. The Hall–Kier alpha value is -2.18. The van der Waals surface area contributed by atoms with Gasteiger partial charge < -0.3 is 19.7 Å². The second kappa shape index (κ2) is 10.4. The van der Waals surface area contributed by atoms with Gasteiger partial charge in [0.05, 0.1) is 25.4 Å². The number of fused-ring (bicyclic) bond motifs is 2. The molecule has 4 rings (SSSR count). The van der Waals surface area contributed by atoms with Crippen LogP contribution in [0.4, 0.5) is 0 Å². The second-order valence-corrected chi connectivity index (χ2v) is 9.94. The molecule has 180 valence electrons. The van der Waals surface area contributed by atoms with Crippen molar-refractivity contribution >= 4 is 11.8 Å². The number of rotatable bonds is 7. The van der Waals surface area contributed by atoms with Gasteiger partial charge in [0.15, 0.2) is 0 Å². The average Bonchev–Trinajstić information content (AvgIpc) is 3.08. The number of amides is 2. The second-order valence-electron chi connectivity index (χ2n) is 9.94. The van der Waals surface area contributed by atoms with Crippen molar-refractivity contribution in [3.8, 4) is 0 Å². The summed E-state index contributed by atoms with van der Waals surface area (Å²) in [7, 11) is 1.67. The van der Waals surface area contributed by atoms with Crippen LogP contribution < -0.4 is 5.32 Å². The zero-order valence-electron chi connectivity index (χ0n) is 20.3. The Kier molecular flexibility index (Phi) is 7.55. The number of carbonyl (C=O) groups excluding carboxylic acids is 2. The van der Waals surface area contributed by atoms with Gasteiger partial charge in [0.2, 0.25) is 11.8 Å². The molecule has 0 radical (unpaired) electrons. The first-order chi connectivity index (χ1) is 16.0. The Bertz CT molecular complexity index is 886. The number of hydrogen-bond donors (Lipinski definition) is 1. The first kappa shape index (κ1) is 24.0. The van der Waals surface area contributed by atoms with Gasteiger partial charge in [0.25, 0.3) is 0 Å². The molecule has 33 heavy (non-hydrogen) atoms. The SMILES string of the molecule is COCCO[C@H]1[C@H](NC(=O)C(C)C)c2ccccc2C12CCN(C(=O)C1=CCCCC1)CC2. The van der Waals surface area contributed by atoms with Gasteiger partial charge in [-0.25, -0.2) is 0 Å². The number of benzene rings is 1. The summed E-state index contributed by atoms with van der Waals surface area (Å²) in [5.74, 6) is 0.137. The molecule has 1 N–H and O–H groups in total. The lowest BCUT2D eigenvalue weighted by Crippen LogP contribution is -2.52. The van der Waals surface area contributed by atoms with Crippen LogP contribution >= 0.6 is 0 Å². The van der Waals surface area contributed by atoms with Gasteiger partial charge in [-0.1, -0.05) is 44.2 Å². The Morgan fingerprint density at radius 3 is 2.58 bits per heavy atom. The van der Waals surface area contributed by atoms with E-state index in [9.17, 15) is 9.59 Å². The molecule has 1 fully saturated rings. The topological polar surface area (TPSA) is 67.9 Å². The highest BCUT2D eigenvalue weighted by molar-refractivity contribution is 5.93. The number of allylic oxidation sites excluding steroid dienone is 1. The predicted molar refractivity (Wildman–Crippen MR) is 128 cm³/mol. The van der Waals surface area contributed by atoms with E-state index in [0.29, 0.717) is 26.3 Å². The third kappa shape index (κ3) is 4.73. The summed E-state index contributed by atoms with van der Waals surface area (Å²) < 4.78 is 11.7. The van der Waals surface area contributed by atoms with Gasteiger partial charge in [-0.2, -0.15) is 0 Å².